The molecule has 0 aromatic heterocycles. The Balaban J connectivity index is 0.00000240. The Morgan fingerprint density at radius 3 is 0.759 bits per heavy atom. The first-order valence-electron chi connectivity index (χ1n) is 9.67. The molecular formula is C26H24FeP2. The van der Waals surface area contributed by atoms with Crippen LogP contribution in [0.2, 0.25) is 0 Å². The number of hydrogen-bond acceptors (Lipinski definition) is 0. The van der Waals surface area contributed by atoms with Crippen LogP contribution in [-0.2, 0) is 17.1 Å². The molecule has 0 atom stereocenters. The van der Waals surface area contributed by atoms with Crippen molar-refractivity contribution in [2.75, 3.05) is 12.3 Å². The smallest absolute Gasteiger partial charge is 0 e. The van der Waals surface area contributed by atoms with Crippen LogP contribution in [0.5, 0.6) is 0 Å². The van der Waals surface area contributed by atoms with Gasteiger partial charge in [-0.25, -0.2) is 0 Å². The predicted octanol–water partition coefficient (Wildman–Crippen LogP) is 5.25. The predicted molar refractivity (Wildman–Crippen MR) is 128 cm³/mol. The van der Waals surface area contributed by atoms with E-state index in [2.05, 4.69) is 121 Å². The van der Waals surface area contributed by atoms with Gasteiger partial charge in [0.2, 0.25) is 0 Å². The number of hydrogen-bond donors (Lipinski definition) is 0. The molecule has 0 bridgehead atoms. The van der Waals surface area contributed by atoms with Gasteiger partial charge in [-0.05, 0) is 49.4 Å². The van der Waals surface area contributed by atoms with Gasteiger partial charge in [-0.2, -0.15) is 0 Å². The Morgan fingerprint density at radius 1 is 0.345 bits per heavy atom. The fourth-order valence-electron chi connectivity index (χ4n) is 3.45. The SMILES string of the molecule is [Fe].c1ccc(P(CCP(c2ccccc2)c2ccccc2)c2ccccc2)cc1. The summed E-state index contributed by atoms with van der Waals surface area (Å²) >= 11 is 0. The minimum Gasteiger partial charge on any atom is -0.0622 e. The van der Waals surface area contributed by atoms with Crippen molar-refractivity contribution < 1.29 is 17.1 Å². The molecule has 0 unspecified atom stereocenters. The zero-order valence-corrected chi connectivity index (χ0v) is 19.1. The molecule has 0 saturated carbocycles. The van der Waals surface area contributed by atoms with Crippen molar-refractivity contribution in [2.45, 2.75) is 0 Å². The molecule has 0 N–H and O–H groups in total. The summed E-state index contributed by atoms with van der Waals surface area (Å²) in [5, 5.41) is 5.89. The van der Waals surface area contributed by atoms with E-state index < -0.39 is 0 Å². The molecule has 0 spiro atoms. The molecule has 4 aromatic rings. The molecule has 29 heavy (non-hydrogen) atoms. The quantitative estimate of drug-likeness (QED) is 0.265. The molecule has 0 amide bonds. The molecule has 0 aliphatic rings. The van der Waals surface area contributed by atoms with Gasteiger partial charge in [0, 0.05) is 17.1 Å². The number of benzene rings is 4. The van der Waals surface area contributed by atoms with Gasteiger partial charge in [0.05, 0.1) is 0 Å². The molecule has 0 aliphatic heterocycles. The average molecular weight is 454 g/mol. The molecule has 0 nitrogen and oxygen atoms in total. The van der Waals surface area contributed by atoms with Crippen molar-refractivity contribution in [2.24, 2.45) is 0 Å². The summed E-state index contributed by atoms with van der Waals surface area (Å²) in [6.07, 6.45) is 2.41. The molecule has 4 rings (SSSR count). The maximum absolute atomic E-state index is 2.30. The molecule has 0 heterocycles. The summed E-state index contributed by atoms with van der Waals surface area (Å²) in [4.78, 5) is 0. The van der Waals surface area contributed by atoms with Gasteiger partial charge in [0.25, 0.3) is 0 Å². The van der Waals surface area contributed by atoms with Gasteiger partial charge >= 0.3 is 0 Å². The minimum atomic E-state index is -0.348. The van der Waals surface area contributed by atoms with E-state index in [1.165, 1.54) is 33.5 Å². The van der Waals surface area contributed by atoms with E-state index in [1.807, 2.05) is 0 Å². The first-order valence-corrected chi connectivity index (χ1v) is 12.7. The van der Waals surface area contributed by atoms with Crippen LogP contribution >= 0.6 is 15.8 Å². The topological polar surface area (TPSA) is 0 Å². The molecule has 0 aliphatic carbocycles. The van der Waals surface area contributed by atoms with Crippen molar-refractivity contribution >= 4 is 37.1 Å². The molecule has 3 heteroatoms. The van der Waals surface area contributed by atoms with E-state index in [1.54, 1.807) is 0 Å². The molecule has 0 radical (unpaired) electrons. The van der Waals surface area contributed by atoms with Crippen molar-refractivity contribution in [3.8, 4) is 0 Å². The fraction of sp³-hybridized carbons (Fsp3) is 0.0769. The first-order chi connectivity index (χ1) is 13.9. The molecule has 0 fully saturated rings. The Morgan fingerprint density at radius 2 is 0.552 bits per heavy atom. The zero-order valence-electron chi connectivity index (χ0n) is 16.2. The Labute approximate surface area is 187 Å². The zero-order chi connectivity index (χ0) is 19.0. The van der Waals surface area contributed by atoms with Crippen LogP contribution in [0.4, 0.5) is 0 Å². The van der Waals surface area contributed by atoms with Gasteiger partial charge in [-0.1, -0.05) is 121 Å². The second-order valence-corrected chi connectivity index (χ2v) is 11.3. The van der Waals surface area contributed by atoms with Crippen LogP contribution in [0.3, 0.4) is 0 Å². The van der Waals surface area contributed by atoms with Crippen LogP contribution in [0, 0.1) is 0 Å². The maximum Gasteiger partial charge on any atom is 0 e. The van der Waals surface area contributed by atoms with E-state index in [0.29, 0.717) is 0 Å². The van der Waals surface area contributed by atoms with Crippen LogP contribution in [-0.4, -0.2) is 12.3 Å². The fourth-order valence-corrected chi connectivity index (χ4v) is 8.80. The van der Waals surface area contributed by atoms with E-state index in [0.717, 1.165) is 0 Å². The van der Waals surface area contributed by atoms with E-state index in [9.17, 15) is 0 Å². The Hall–Kier alpha value is -1.74. The van der Waals surface area contributed by atoms with Gasteiger partial charge in [0.1, 0.15) is 0 Å². The second kappa shape index (κ2) is 11.4. The second-order valence-electron chi connectivity index (χ2n) is 6.65. The number of rotatable bonds is 7. The van der Waals surface area contributed by atoms with Gasteiger partial charge < -0.3 is 0 Å². The Kier molecular flexibility index (Phi) is 8.67. The normalized spacial score (nSPS) is 10.7. The third-order valence-corrected chi connectivity index (χ3v) is 10.2. The monoisotopic (exact) mass is 454 g/mol. The largest absolute Gasteiger partial charge is 0.0622 e. The van der Waals surface area contributed by atoms with Gasteiger partial charge in [-0.15, -0.1) is 0 Å². The van der Waals surface area contributed by atoms with Gasteiger partial charge in [0.15, 0.2) is 0 Å². The molecular weight excluding hydrogens is 430 g/mol. The molecule has 146 valence electrons. The summed E-state index contributed by atoms with van der Waals surface area (Å²) < 4.78 is 0. The standard InChI is InChI=1S/C26H24P2.Fe/c1-5-13-23(14-6-1)27(24-15-7-2-8-16-24)21-22-28(25-17-9-3-10-18-25)26-19-11-4-12-20-26;/h1-20H,21-22H2;. The maximum atomic E-state index is 2.30. The first kappa shape index (κ1) is 22.0. The summed E-state index contributed by atoms with van der Waals surface area (Å²) in [5.74, 6) is 0. The average Bonchev–Trinajstić information content (AvgIpc) is 2.79. The summed E-state index contributed by atoms with van der Waals surface area (Å²) in [5.41, 5.74) is 0. The molecule has 0 saturated heterocycles. The Bertz CT molecular complexity index is 798. The van der Waals surface area contributed by atoms with Crippen LogP contribution in [0.1, 0.15) is 0 Å². The van der Waals surface area contributed by atoms with Crippen molar-refractivity contribution in [3.05, 3.63) is 121 Å². The van der Waals surface area contributed by atoms with Crippen molar-refractivity contribution in [1.29, 1.82) is 0 Å². The minimum absolute atomic E-state index is 0. The van der Waals surface area contributed by atoms with Crippen molar-refractivity contribution in [1.82, 2.24) is 0 Å². The van der Waals surface area contributed by atoms with E-state index >= 15 is 0 Å². The van der Waals surface area contributed by atoms with E-state index in [4.69, 9.17) is 0 Å². The third kappa shape index (κ3) is 5.88. The summed E-state index contributed by atoms with van der Waals surface area (Å²) in [6, 6.07) is 44.2. The van der Waals surface area contributed by atoms with Crippen LogP contribution in [0.25, 0.3) is 0 Å². The third-order valence-electron chi connectivity index (χ3n) is 4.82. The van der Waals surface area contributed by atoms with Crippen LogP contribution < -0.4 is 21.2 Å². The summed E-state index contributed by atoms with van der Waals surface area (Å²) in [6.45, 7) is 0. The molecule has 4 aromatic carbocycles. The van der Waals surface area contributed by atoms with Crippen LogP contribution in [0.15, 0.2) is 121 Å². The van der Waals surface area contributed by atoms with E-state index in [-0.39, 0.29) is 32.9 Å². The summed E-state index contributed by atoms with van der Waals surface area (Å²) in [7, 11) is -0.696. The van der Waals surface area contributed by atoms with Gasteiger partial charge in [-0.3, -0.25) is 0 Å². The van der Waals surface area contributed by atoms with Crippen molar-refractivity contribution in [3.63, 3.8) is 0 Å².